The van der Waals surface area contributed by atoms with Gasteiger partial charge in [-0.2, -0.15) is 0 Å². The van der Waals surface area contributed by atoms with Gasteiger partial charge in [0, 0.05) is 34.7 Å². The summed E-state index contributed by atoms with van der Waals surface area (Å²) in [6.45, 7) is 1.50. The molecule has 1 N–H and O–H groups in total. The number of carbonyl (C=O) groups is 1. The summed E-state index contributed by atoms with van der Waals surface area (Å²) < 4.78 is 0.940. The van der Waals surface area contributed by atoms with E-state index in [9.17, 15) is 4.79 Å². The van der Waals surface area contributed by atoms with Crippen LogP contribution in [0, 0.1) is 9.49 Å². The van der Waals surface area contributed by atoms with Crippen molar-refractivity contribution in [2.75, 3.05) is 19.7 Å². The first-order valence-corrected chi connectivity index (χ1v) is 6.92. The van der Waals surface area contributed by atoms with E-state index in [2.05, 4.69) is 22.6 Å². The lowest BCUT2D eigenvalue weighted by Crippen LogP contribution is -2.29. The van der Waals surface area contributed by atoms with Crippen molar-refractivity contribution >= 4 is 40.1 Å². The second-order valence-corrected chi connectivity index (χ2v) is 5.79. The SMILES string of the molecule is O=C(c1ccc(I)c(Cl)c1)N1CCC(CO)C1. The third kappa shape index (κ3) is 2.92. The minimum Gasteiger partial charge on any atom is -0.396 e. The lowest BCUT2D eigenvalue weighted by atomic mass is 10.1. The molecule has 1 saturated heterocycles. The van der Waals surface area contributed by atoms with E-state index in [4.69, 9.17) is 16.7 Å². The third-order valence-corrected chi connectivity index (χ3v) is 4.57. The second kappa shape index (κ2) is 5.54. The third-order valence-electron chi connectivity index (χ3n) is 3.00. The van der Waals surface area contributed by atoms with E-state index in [1.807, 2.05) is 6.07 Å². The van der Waals surface area contributed by atoms with Gasteiger partial charge >= 0.3 is 0 Å². The van der Waals surface area contributed by atoms with Crippen LogP contribution in [0.2, 0.25) is 5.02 Å². The first-order chi connectivity index (χ1) is 8.11. The summed E-state index contributed by atoms with van der Waals surface area (Å²) in [5.41, 5.74) is 0.619. The summed E-state index contributed by atoms with van der Waals surface area (Å²) in [6, 6.07) is 5.34. The number of likely N-dealkylation sites (tertiary alicyclic amines) is 1. The van der Waals surface area contributed by atoms with E-state index in [-0.39, 0.29) is 18.4 Å². The maximum atomic E-state index is 12.2. The highest BCUT2D eigenvalue weighted by atomic mass is 127. The molecule has 0 radical (unpaired) electrons. The lowest BCUT2D eigenvalue weighted by molar-refractivity contribution is 0.0782. The van der Waals surface area contributed by atoms with Gasteiger partial charge in [0.2, 0.25) is 0 Å². The van der Waals surface area contributed by atoms with Gasteiger partial charge in [-0.15, -0.1) is 0 Å². The van der Waals surface area contributed by atoms with Crippen molar-refractivity contribution in [1.29, 1.82) is 0 Å². The Hall–Kier alpha value is -0.330. The highest BCUT2D eigenvalue weighted by molar-refractivity contribution is 14.1. The van der Waals surface area contributed by atoms with Gasteiger partial charge in [0.1, 0.15) is 0 Å². The monoisotopic (exact) mass is 365 g/mol. The van der Waals surface area contributed by atoms with Gasteiger partial charge < -0.3 is 10.0 Å². The molecular formula is C12H13ClINO2. The summed E-state index contributed by atoms with van der Waals surface area (Å²) in [7, 11) is 0. The summed E-state index contributed by atoms with van der Waals surface area (Å²) >= 11 is 8.13. The van der Waals surface area contributed by atoms with Crippen molar-refractivity contribution in [1.82, 2.24) is 4.90 Å². The molecule has 0 aromatic heterocycles. The van der Waals surface area contributed by atoms with Crippen LogP contribution in [0.5, 0.6) is 0 Å². The number of halogens is 2. The molecule has 0 bridgehead atoms. The maximum absolute atomic E-state index is 12.2. The topological polar surface area (TPSA) is 40.5 Å². The normalized spacial score (nSPS) is 19.7. The van der Waals surface area contributed by atoms with Gasteiger partial charge in [-0.25, -0.2) is 0 Å². The molecule has 1 atom stereocenters. The largest absolute Gasteiger partial charge is 0.396 e. The number of aliphatic hydroxyl groups is 1. The molecule has 0 aliphatic carbocycles. The summed E-state index contributed by atoms with van der Waals surface area (Å²) in [5.74, 6) is 0.220. The highest BCUT2D eigenvalue weighted by Gasteiger charge is 2.26. The van der Waals surface area contributed by atoms with E-state index in [1.54, 1.807) is 17.0 Å². The van der Waals surface area contributed by atoms with Crippen LogP contribution in [-0.2, 0) is 0 Å². The first kappa shape index (κ1) is 13.1. The number of carbonyl (C=O) groups excluding carboxylic acids is 1. The van der Waals surface area contributed by atoms with Crippen LogP contribution in [0.4, 0.5) is 0 Å². The number of rotatable bonds is 2. The second-order valence-electron chi connectivity index (χ2n) is 4.22. The van der Waals surface area contributed by atoms with Crippen LogP contribution >= 0.6 is 34.2 Å². The Morgan fingerprint density at radius 3 is 2.94 bits per heavy atom. The van der Waals surface area contributed by atoms with E-state index < -0.39 is 0 Å². The van der Waals surface area contributed by atoms with Gasteiger partial charge in [-0.05, 0) is 47.2 Å². The predicted octanol–water partition coefficient (Wildman–Crippen LogP) is 2.40. The molecule has 0 saturated carbocycles. The number of hydrogen-bond acceptors (Lipinski definition) is 2. The number of hydrogen-bond donors (Lipinski definition) is 1. The van der Waals surface area contributed by atoms with E-state index in [0.29, 0.717) is 23.7 Å². The maximum Gasteiger partial charge on any atom is 0.253 e. The average molecular weight is 366 g/mol. The molecule has 92 valence electrons. The molecule has 2 rings (SSSR count). The summed E-state index contributed by atoms with van der Waals surface area (Å²) in [5, 5.41) is 9.66. The molecule has 1 fully saturated rings. The van der Waals surface area contributed by atoms with Gasteiger partial charge in [0.05, 0.1) is 5.02 Å². The van der Waals surface area contributed by atoms with Crippen molar-refractivity contribution < 1.29 is 9.90 Å². The van der Waals surface area contributed by atoms with Crippen LogP contribution in [0.25, 0.3) is 0 Å². The number of nitrogens with zero attached hydrogens (tertiary/aromatic N) is 1. The molecule has 1 heterocycles. The molecule has 1 amide bonds. The zero-order valence-corrected chi connectivity index (χ0v) is 12.1. The molecule has 17 heavy (non-hydrogen) atoms. The van der Waals surface area contributed by atoms with Crippen molar-refractivity contribution in [2.24, 2.45) is 5.92 Å². The highest BCUT2D eigenvalue weighted by Crippen LogP contribution is 2.23. The summed E-state index contributed by atoms with van der Waals surface area (Å²) in [4.78, 5) is 13.9. The first-order valence-electron chi connectivity index (χ1n) is 5.47. The van der Waals surface area contributed by atoms with Crippen LogP contribution in [0.15, 0.2) is 18.2 Å². The van der Waals surface area contributed by atoms with Crippen LogP contribution < -0.4 is 0 Å². The van der Waals surface area contributed by atoms with Crippen LogP contribution in [-0.4, -0.2) is 35.6 Å². The number of benzene rings is 1. The molecule has 5 heteroatoms. The van der Waals surface area contributed by atoms with Gasteiger partial charge in [0.25, 0.3) is 5.91 Å². The fraction of sp³-hybridized carbons (Fsp3) is 0.417. The standard InChI is InChI=1S/C12H13ClINO2/c13-10-5-9(1-2-11(10)14)12(17)15-4-3-8(6-15)7-16/h1-2,5,8,16H,3-4,6-7H2. The van der Waals surface area contributed by atoms with Gasteiger partial charge in [-0.1, -0.05) is 11.6 Å². The summed E-state index contributed by atoms with van der Waals surface area (Å²) in [6.07, 6.45) is 0.875. The van der Waals surface area contributed by atoms with Gasteiger partial charge in [0.15, 0.2) is 0 Å². The van der Waals surface area contributed by atoms with E-state index in [0.717, 1.165) is 9.99 Å². The average Bonchev–Trinajstić information content (AvgIpc) is 2.80. The fourth-order valence-electron chi connectivity index (χ4n) is 1.98. The molecule has 1 aromatic carbocycles. The van der Waals surface area contributed by atoms with Crippen molar-refractivity contribution in [3.05, 3.63) is 32.4 Å². The number of aliphatic hydroxyl groups excluding tert-OH is 1. The molecule has 1 aromatic rings. The van der Waals surface area contributed by atoms with Crippen molar-refractivity contribution in [2.45, 2.75) is 6.42 Å². The molecule has 1 unspecified atom stereocenters. The quantitative estimate of drug-likeness (QED) is 0.818. The predicted molar refractivity (Wildman–Crippen MR) is 75.3 cm³/mol. The Labute approximate surface area is 119 Å². The molecular weight excluding hydrogens is 352 g/mol. The fourth-order valence-corrected chi connectivity index (χ4v) is 2.49. The Morgan fingerprint density at radius 2 is 2.35 bits per heavy atom. The van der Waals surface area contributed by atoms with Crippen LogP contribution in [0.1, 0.15) is 16.8 Å². The minimum absolute atomic E-state index is 0.000694. The molecule has 0 spiro atoms. The Balaban J connectivity index is 2.12. The number of amides is 1. The van der Waals surface area contributed by atoms with E-state index >= 15 is 0 Å². The van der Waals surface area contributed by atoms with Crippen molar-refractivity contribution in [3.63, 3.8) is 0 Å². The Morgan fingerprint density at radius 1 is 1.59 bits per heavy atom. The Kier molecular flexibility index (Phi) is 4.27. The smallest absolute Gasteiger partial charge is 0.253 e. The lowest BCUT2D eigenvalue weighted by Gasteiger charge is -2.16. The Bertz CT molecular complexity index is 439. The van der Waals surface area contributed by atoms with Gasteiger partial charge in [-0.3, -0.25) is 4.79 Å². The minimum atomic E-state index is -0.000694. The van der Waals surface area contributed by atoms with Crippen LogP contribution in [0.3, 0.4) is 0 Å². The molecule has 3 nitrogen and oxygen atoms in total. The van der Waals surface area contributed by atoms with E-state index in [1.165, 1.54) is 0 Å². The molecule has 1 aliphatic heterocycles. The molecule has 1 aliphatic rings. The zero-order chi connectivity index (χ0) is 12.4. The zero-order valence-electron chi connectivity index (χ0n) is 9.20. The van der Waals surface area contributed by atoms with Crippen molar-refractivity contribution in [3.8, 4) is 0 Å².